The molecular formula is C29H45NO7. The number of carboxylic acids is 1. The zero-order chi connectivity index (χ0) is 27.8. The van der Waals surface area contributed by atoms with Crippen LogP contribution in [0, 0.1) is 11.8 Å². The van der Waals surface area contributed by atoms with E-state index in [9.17, 15) is 29.7 Å². The summed E-state index contributed by atoms with van der Waals surface area (Å²) in [6, 6.07) is 0. The molecule has 1 fully saturated rings. The molecule has 208 valence electrons. The molecule has 1 saturated carbocycles. The van der Waals surface area contributed by atoms with Gasteiger partial charge < -0.3 is 29.3 Å². The van der Waals surface area contributed by atoms with Gasteiger partial charge in [-0.3, -0.25) is 9.59 Å². The summed E-state index contributed by atoms with van der Waals surface area (Å²) in [7, 11) is 5.65. The van der Waals surface area contributed by atoms with Crippen molar-refractivity contribution in [2.24, 2.45) is 11.8 Å². The molecule has 8 heteroatoms. The van der Waals surface area contributed by atoms with E-state index in [1.807, 2.05) is 39.4 Å². The van der Waals surface area contributed by atoms with Crippen molar-refractivity contribution < 1.29 is 38.9 Å². The summed E-state index contributed by atoms with van der Waals surface area (Å²) < 4.78 is 5.79. The molecule has 0 amide bonds. The van der Waals surface area contributed by atoms with E-state index in [-0.39, 0.29) is 36.9 Å². The lowest BCUT2D eigenvalue weighted by atomic mass is 9.90. The highest BCUT2D eigenvalue weighted by molar-refractivity contribution is 5.84. The highest BCUT2D eigenvalue weighted by Crippen LogP contribution is 2.33. The third kappa shape index (κ3) is 14.7. The second kappa shape index (κ2) is 17.1. The Labute approximate surface area is 221 Å². The van der Waals surface area contributed by atoms with Crippen molar-refractivity contribution >= 4 is 17.7 Å². The third-order valence-electron chi connectivity index (χ3n) is 6.02. The van der Waals surface area contributed by atoms with Crippen molar-refractivity contribution in [3.05, 3.63) is 48.6 Å². The van der Waals surface area contributed by atoms with Gasteiger partial charge in [0.05, 0.1) is 33.4 Å². The maximum atomic E-state index is 12.4. The van der Waals surface area contributed by atoms with E-state index in [1.54, 1.807) is 18.2 Å². The van der Waals surface area contributed by atoms with Crippen molar-refractivity contribution in [2.75, 3.05) is 27.7 Å². The summed E-state index contributed by atoms with van der Waals surface area (Å²) in [6.45, 7) is 2.43. The molecule has 0 heterocycles. The number of rotatable bonds is 17. The number of carbonyl (C=O) groups excluding carboxylic acids is 3. The quantitative estimate of drug-likeness (QED) is 0.172. The summed E-state index contributed by atoms with van der Waals surface area (Å²) >= 11 is 0. The van der Waals surface area contributed by atoms with Crippen molar-refractivity contribution in [1.82, 2.24) is 0 Å². The number of quaternary nitrogens is 1. The Balaban J connectivity index is 2.53. The number of ether oxygens (including phenoxy) is 1. The van der Waals surface area contributed by atoms with Crippen LogP contribution in [0.5, 0.6) is 0 Å². The smallest absolute Gasteiger partial charge is 0.306 e. The van der Waals surface area contributed by atoms with E-state index in [2.05, 4.69) is 19.1 Å². The van der Waals surface area contributed by atoms with Crippen LogP contribution in [-0.4, -0.2) is 78.4 Å². The fourth-order valence-electron chi connectivity index (χ4n) is 4.28. The van der Waals surface area contributed by atoms with Crippen molar-refractivity contribution in [2.45, 2.75) is 76.6 Å². The van der Waals surface area contributed by atoms with E-state index in [0.29, 0.717) is 30.3 Å². The van der Waals surface area contributed by atoms with E-state index in [1.165, 1.54) is 0 Å². The number of esters is 1. The average Bonchev–Trinajstić information content (AvgIpc) is 3.04. The van der Waals surface area contributed by atoms with Gasteiger partial charge in [0.2, 0.25) is 0 Å². The van der Waals surface area contributed by atoms with Gasteiger partial charge in [0.25, 0.3) is 0 Å². The summed E-state index contributed by atoms with van der Waals surface area (Å²) in [4.78, 5) is 35.5. The zero-order valence-corrected chi connectivity index (χ0v) is 22.8. The van der Waals surface area contributed by atoms with Gasteiger partial charge in [0.1, 0.15) is 12.3 Å². The molecule has 37 heavy (non-hydrogen) atoms. The average molecular weight is 520 g/mol. The lowest BCUT2D eigenvalue weighted by Crippen LogP contribution is -2.45. The Morgan fingerprint density at radius 2 is 1.84 bits per heavy atom. The zero-order valence-electron chi connectivity index (χ0n) is 22.8. The molecule has 0 bridgehead atoms. The van der Waals surface area contributed by atoms with E-state index >= 15 is 0 Å². The van der Waals surface area contributed by atoms with Crippen LogP contribution >= 0.6 is 0 Å². The maximum Gasteiger partial charge on any atom is 0.306 e. The van der Waals surface area contributed by atoms with Crippen LogP contribution in [0.15, 0.2) is 48.6 Å². The molecule has 0 aromatic heterocycles. The number of aliphatic carboxylic acids is 1. The van der Waals surface area contributed by atoms with Crippen LogP contribution < -0.4 is 5.11 Å². The molecule has 1 aliphatic rings. The molecule has 0 aromatic rings. The van der Waals surface area contributed by atoms with Gasteiger partial charge in [-0.1, -0.05) is 55.5 Å². The van der Waals surface area contributed by atoms with Crippen LogP contribution in [-0.2, 0) is 19.1 Å². The molecular weight excluding hydrogens is 474 g/mol. The van der Waals surface area contributed by atoms with Crippen LogP contribution in [0.3, 0.4) is 0 Å². The standard InChI is InChI=1S/C29H45NO7/c1-5-6-7-8-9-11-14-22(31)17-18-25-24(26(32)20-27(25)33)15-12-10-13-16-29(36)37-23(19-28(34)35)21-30(2,3)4/h6-7,9-12,17-18,22-25,27,31,33H,5,8,13-16,19-21H2,1-4H3/b7-6+,11-9-,12-10+,18-17+. The number of nitrogens with zero attached hydrogens (tertiary/aromatic N) is 1. The third-order valence-corrected chi connectivity index (χ3v) is 6.02. The Bertz CT molecular complexity index is 838. The summed E-state index contributed by atoms with van der Waals surface area (Å²) in [6.07, 6.45) is 15.8. The van der Waals surface area contributed by atoms with Gasteiger partial charge in [0.15, 0.2) is 6.10 Å². The van der Waals surface area contributed by atoms with Gasteiger partial charge in [-0.05, 0) is 32.1 Å². The normalized spacial score (nSPS) is 22.5. The fourth-order valence-corrected chi connectivity index (χ4v) is 4.28. The number of allylic oxidation sites excluding steroid dienone is 5. The molecule has 8 nitrogen and oxygen atoms in total. The van der Waals surface area contributed by atoms with E-state index in [4.69, 9.17) is 4.74 Å². The van der Waals surface area contributed by atoms with Crippen LogP contribution in [0.4, 0.5) is 0 Å². The molecule has 1 rings (SSSR count). The van der Waals surface area contributed by atoms with E-state index in [0.717, 1.165) is 12.8 Å². The van der Waals surface area contributed by atoms with Gasteiger partial charge in [-0.25, -0.2) is 0 Å². The van der Waals surface area contributed by atoms with Gasteiger partial charge in [0, 0.05) is 37.1 Å². The number of Topliss-reactive ketones (excluding diaryl/α,β-unsaturated/α-hetero) is 1. The summed E-state index contributed by atoms with van der Waals surface area (Å²) in [5.74, 6) is -2.51. The first-order valence-electron chi connectivity index (χ1n) is 13.1. The summed E-state index contributed by atoms with van der Waals surface area (Å²) in [5.41, 5.74) is 0. The highest BCUT2D eigenvalue weighted by atomic mass is 16.5. The lowest BCUT2D eigenvalue weighted by molar-refractivity contribution is -0.873. The number of carboxylic acid groups (broad SMARTS) is 1. The molecule has 5 unspecified atom stereocenters. The monoisotopic (exact) mass is 519 g/mol. The molecule has 0 spiro atoms. The second-order valence-electron chi connectivity index (χ2n) is 10.6. The molecule has 0 aliphatic heterocycles. The number of ketones is 1. The molecule has 5 atom stereocenters. The minimum Gasteiger partial charge on any atom is -0.550 e. The van der Waals surface area contributed by atoms with Gasteiger partial charge in [-0.15, -0.1) is 0 Å². The van der Waals surface area contributed by atoms with Gasteiger partial charge >= 0.3 is 5.97 Å². The second-order valence-corrected chi connectivity index (χ2v) is 10.6. The number of hydrogen-bond acceptors (Lipinski definition) is 7. The minimum atomic E-state index is -1.26. The summed E-state index contributed by atoms with van der Waals surface area (Å²) in [5, 5.41) is 31.5. The molecule has 0 aromatic carbocycles. The Hall–Kier alpha value is -2.55. The van der Waals surface area contributed by atoms with Crippen LogP contribution in [0.1, 0.15) is 58.3 Å². The first kappa shape index (κ1) is 32.5. The molecule has 2 N–H and O–H groups in total. The number of aliphatic hydroxyl groups is 2. The van der Waals surface area contributed by atoms with Gasteiger partial charge in [-0.2, -0.15) is 0 Å². The van der Waals surface area contributed by atoms with Crippen molar-refractivity contribution in [3.63, 3.8) is 0 Å². The van der Waals surface area contributed by atoms with E-state index < -0.39 is 30.3 Å². The Kier molecular flexibility index (Phi) is 15.0. The van der Waals surface area contributed by atoms with Crippen molar-refractivity contribution in [1.29, 1.82) is 0 Å². The maximum absolute atomic E-state index is 12.4. The molecule has 0 radical (unpaired) electrons. The number of likely N-dealkylation sites (N-methyl/N-ethyl adjacent to an activating group) is 1. The topological polar surface area (TPSA) is 124 Å². The number of aliphatic hydroxyl groups excluding tert-OH is 2. The minimum absolute atomic E-state index is 0.0197. The predicted octanol–water partition coefficient (Wildman–Crippen LogP) is 2.26. The first-order chi connectivity index (χ1) is 17.4. The molecule has 0 saturated heterocycles. The van der Waals surface area contributed by atoms with Crippen LogP contribution in [0.25, 0.3) is 0 Å². The number of carbonyl (C=O) groups is 3. The largest absolute Gasteiger partial charge is 0.550 e. The van der Waals surface area contributed by atoms with Crippen LogP contribution in [0.2, 0.25) is 0 Å². The SMILES string of the molecule is CC/C=C/C/C=C\CC(O)/C=C/C1C(O)CC(=O)C1C/C=C/CCC(=O)OC(CC(=O)[O-])C[N+](C)(C)C. The number of hydrogen-bond donors (Lipinski definition) is 2. The lowest BCUT2D eigenvalue weighted by Gasteiger charge is -2.29. The fraction of sp³-hybridized carbons (Fsp3) is 0.621. The predicted molar refractivity (Wildman–Crippen MR) is 141 cm³/mol. The highest BCUT2D eigenvalue weighted by Gasteiger charge is 2.39. The Morgan fingerprint density at radius 3 is 2.49 bits per heavy atom. The molecule has 1 aliphatic carbocycles. The van der Waals surface area contributed by atoms with Crippen molar-refractivity contribution in [3.8, 4) is 0 Å². The Morgan fingerprint density at radius 1 is 1.14 bits per heavy atom. The first-order valence-corrected chi connectivity index (χ1v) is 13.1.